The number of nitrogens with one attached hydrogen (secondary N) is 1. The van der Waals surface area contributed by atoms with Crippen molar-refractivity contribution in [1.29, 1.82) is 0 Å². The number of urea groups is 1. The molecule has 0 saturated carbocycles. The van der Waals surface area contributed by atoms with Gasteiger partial charge in [0.15, 0.2) is 0 Å². The summed E-state index contributed by atoms with van der Waals surface area (Å²) < 4.78 is 0. The molecule has 0 bridgehead atoms. The fourth-order valence-electron chi connectivity index (χ4n) is 3.53. The van der Waals surface area contributed by atoms with E-state index in [0.717, 1.165) is 11.1 Å². The van der Waals surface area contributed by atoms with Crippen LogP contribution in [-0.4, -0.2) is 16.8 Å². The van der Waals surface area contributed by atoms with Crippen molar-refractivity contribution in [3.63, 3.8) is 0 Å². The van der Waals surface area contributed by atoms with Gasteiger partial charge >= 0.3 is 6.03 Å². The molecule has 4 nitrogen and oxygen atoms in total. The summed E-state index contributed by atoms with van der Waals surface area (Å²) in [5, 5.41) is 2.89. The lowest BCUT2D eigenvalue weighted by Gasteiger charge is -2.23. The predicted molar refractivity (Wildman–Crippen MR) is 112 cm³/mol. The van der Waals surface area contributed by atoms with Gasteiger partial charge in [-0.15, -0.1) is 0 Å². The minimum atomic E-state index is -1.03. The second-order valence-corrected chi connectivity index (χ2v) is 9.17. The SMILES string of the molecule is CC(C)c1ccc([C@@]2(C)NC(=O)N(Cc3ccc(C(C)(C)C)cc3)C2=O)cc1. The van der Waals surface area contributed by atoms with Crippen LogP contribution in [0.2, 0.25) is 0 Å². The van der Waals surface area contributed by atoms with E-state index in [-0.39, 0.29) is 23.9 Å². The van der Waals surface area contributed by atoms with Gasteiger partial charge in [0.05, 0.1) is 6.54 Å². The molecule has 1 fully saturated rings. The Morgan fingerprint density at radius 2 is 1.54 bits per heavy atom. The van der Waals surface area contributed by atoms with Gasteiger partial charge in [0, 0.05) is 0 Å². The fraction of sp³-hybridized carbons (Fsp3) is 0.417. The molecular weight excluding hydrogens is 348 g/mol. The average molecular weight is 379 g/mol. The quantitative estimate of drug-likeness (QED) is 0.755. The maximum absolute atomic E-state index is 13.1. The Morgan fingerprint density at radius 3 is 2.04 bits per heavy atom. The van der Waals surface area contributed by atoms with E-state index in [1.165, 1.54) is 16.0 Å². The van der Waals surface area contributed by atoms with Crippen LogP contribution in [0.1, 0.15) is 69.7 Å². The monoisotopic (exact) mass is 378 g/mol. The molecule has 2 aromatic rings. The van der Waals surface area contributed by atoms with E-state index in [1.807, 2.05) is 36.4 Å². The summed E-state index contributed by atoms with van der Waals surface area (Å²) in [5.74, 6) is 0.206. The van der Waals surface area contributed by atoms with Crippen molar-refractivity contribution >= 4 is 11.9 Å². The molecule has 1 N–H and O–H groups in total. The van der Waals surface area contributed by atoms with Gasteiger partial charge in [0.1, 0.15) is 5.54 Å². The first-order chi connectivity index (χ1) is 13.0. The minimum Gasteiger partial charge on any atom is -0.319 e. The van der Waals surface area contributed by atoms with Crippen LogP contribution in [0, 0.1) is 0 Å². The van der Waals surface area contributed by atoms with E-state index in [2.05, 4.69) is 52.1 Å². The smallest absolute Gasteiger partial charge is 0.319 e. The summed E-state index contributed by atoms with van der Waals surface area (Å²) >= 11 is 0. The number of hydrogen-bond acceptors (Lipinski definition) is 2. The highest BCUT2D eigenvalue weighted by atomic mass is 16.2. The molecule has 2 aromatic carbocycles. The van der Waals surface area contributed by atoms with Crippen molar-refractivity contribution in [3.8, 4) is 0 Å². The van der Waals surface area contributed by atoms with Gasteiger partial charge < -0.3 is 5.32 Å². The zero-order valence-electron chi connectivity index (χ0n) is 17.7. The first-order valence-electron chi connectivity index (χ1n) is 9.86. The van der Waals surface area contributed by atoms with Crippen LogP contribution < -0.4 is 5.32 Å². The number of hydrogen-bond donors (Lipinski definition) is 1. The maximum Gasteiger partial charge on any atom is 0.325 e. The van der Waals surface area contributed by atoms with Crippen molar-refractivity contribution in [2.45, 2.75) is 65.0 Å². The Kier molecular flexibility index (Phi) is 5.09. The van der Waals surface area contributed by atoms with E-state index in [4.69, 9.17) is 0 Å². The van der Waals surface area contributed by atoms with E-state index < -0.39 is 5.54 Å². The van der Waals surface area contributed by atoms with E-state index in [0.29, 0.717) is 5.92 Å². The Labute approximate surface area is 167 Å². The van der Waals surface area contributed by atoms with Crippen molar-refractivity contribution < 1.29 is 9.59 Å². The number of benzene rings is 2. The lowest BCUT2D eigenvalue weighted by Crippen LogP contribution is -2.40. The molecule has 1 aliphatic rings. The van der Waals surface area contributed by atoms with Crippen LogP contribution >= 0.6 is 0 Å². The second kappa shape index (κ2) is 7.08. The molecule has 0 unspecified atom stereocenters. The van der Waals surface area contributed by atoms with Crippen LogP contribution in [-0.2, 0) is 22.3 Å². The molecule has 1 heterocycles. The first kappa shape index (κ1) is 20.1. The first-order valence-corrected chi connectivity index (χ1v) is 9.86. The van der Waals surface area contributed by atoms with Crippen molar-refractivity contribution in [2.24, 2.45) is 0 Å². The number of carbonyl (C=O) groups excluding carboxylic acids is 2. The number of nitrogens with zero attached hydrogens (tertiary/aromatic N) is 1. The van der Waals surface area contributed by atoms with Crippen LogP contribution in [0.4, 0.5) is 4.79 Å². The van der Waals surface area contributed by atoms with Crippen molar-refractivity contribution in [1.82, 2.24) is 10.2 Å². The van der Waals surface area contributed by atoms with E-state index >= 15 is 0 Å². The third kappa shape index (κ3) is 3.68. The molecule has 1 saturated heterocycles. The van der Waals surface area contributed by atoms with Gasteiger partial charge in [-0.25, -0.2) is 4.79 Å². The molecule has 1 atom stereocenters. The lowest BCUT2D eigenvalue weighted by atomic mass is 9.86. The molecule has 0 aliphatic carbocycles. The van der Waals surface area contributed by atoms with E-state index in [1.54, 1.807) is 6.92 Å². The number of carbonyl (C=O) groups is 2. The molecule has 0 radical (unpaired) electrons. The standard InChI is InChI=1S/C24H30N2O2/c1-16(2)18-9-13-20(14-10-18)24(6)21(27)26(22(28)25-24)15-17-7-11-19(12-8-17)23(3,4)5/h7-14,16H,15H2,1-6H3,(H,25,28)/t24-/m1/s1. The Bertz CT molecular complexity index is 876. The molecule has 3 rings (SSSR count). The van der Waals surface area contributed by atoms with Gasteiger partial charge in [-0.2, -0.15) is 0 Å². The lowest BCUT2D eigenvalue weighted by molar-refractivity contribution is -0.131. The van der Waals surface area contributed by atoms with Crippen LogP contribution in [0.3, 0.4) is 0 Å². The fourth-order valence-corrected chi connectivity index (χ4v) is 3.53. The van der Waals surface area contributed by atoms with Crippen LogP contribution in [0.25, 0.3) is 0 Å². The average Bonchev–Trinajstić information content (AvgIpc) is 2.85. The number of amides is 3. The molecule has 0 aromatic heterocycles. The summed E-state index contributed by atoms with van der Waals surface area (Å²) in [7, 11) is 0. The third-order valence-electron chi connectivity index (χ3n) is 5.59. The molecule has 148 valence electrons. The predicted octanol–water partition coefficient (Wildman–Crippen LogP) is 5.07. The normalized spacial score (nSPS) is 20.0. The van der Waals surface area contributed by atoms with Gasteiger partial charge in [-0.3, -0.25) is 9.69 Å². The molecular formula is C24H30N2O2. The molecule has 1 aliphatic heterocycles. The third-order valence-corrected chi connectivity index (χ3v) is 5.59. The highest BCUT2D eigenvalue weighted by Gasteiger charge is 2.48. The zero-order chi connectivity index (χ0) is 20.7. The summed E-state index contributed by atoms with van der Waals surface area (Å²) in [5.41, 5.74) is 3.22. The Morgan fingerprint density at radius 1 is 0.964 bits per heavy atom. The largest absolute Gasteiger partial charge is 0.325 e. The number of rotatable bonds is 4. The second-order valence-electron chi connectivity index (χ2n) is 9.17. The molecule has 28 heavy (non-hydrogen) atoms. The molecule has 3 amide bonds. The van der Waals surface area contributed by atoms with Crippen LogP contribution in [0.5, 0.6) is 0 Å². The van der Waals surface area contributed by atoms with Crippen molar-refractivity contribution in [3.05, 3.63) is 70.8 Å². The Hall–Kier alpha value is -2.62. The van der Waals surface area contributed by atoms with Crippen molar-refractivity contribution in [2.75, 3.05) is 0 Å². The van der Waals surface area contributed by atoms with Gasteiger partial charge in [-0.05, 0) is 40.5 Å². The highest BCUT2D eigenvalue weighted by molar-refractivity contribution is 6.07. The summed E-state index contributed by atoms with van der Waals surface area (Å²) in [6.07, 6.45) is 0. The molecule has 4 heteroatoms. The molecule has 0 spiro atoms. The highest BCUT2D eigenvalue weighted by Crippen LogP contribution is 2.31. The Balaban J connectivity index is 1.81. The summed E-state index contributed by atoms with van der Waals surface area (Å²) in [4.78, 5) is 27.0. The zero-order valence-corrected chi connectivity index (χ0v) is 17.7. The topological polar surface area (TPSA) is 49.4 Å². The summed E-state index contributed by atoms with van der Waals surface area (Å²) in [6.45, 7) is 12.8. The van der Waals surface area contributed by atoms with Gasteiger partial charge in [0.25, 0.3) is 5.91 Å². The van der Waals surface area contributed by atoms with Gasteiger partial charge in [0.2, 0.25) is 0 Å². The van der Waals surface area contributed by atoms with Crippen LogP contribution in [0.15, 0.2) is 48.5 Å². The summed E-state index contributed by atoms with van der Waals surface area (Å²) in [6, 6.07) is 15.7. The maximum atomic E-state index is 13.1. The number of imide groups is 1. The van der Waals surface area contributed by atoms with Gasteiger partial charge in [-0.1, -0.05) is 83.1 Å². The minimum absolute atomic E-state index is 0.0695. The van der Waals surface area contributed by atoms with E-state index in [9.17, 15) is 9.59 Å².